The molecule has 148 valence electrons. The van der Waals surface area contributed by atoms with Crippen molar-refractivity contribution in [1.82, 2.24) is 15.3 Å². The van der Waals surface area contributed by atoms with E-state index in [-0.39, 0.29) is 11.9 Å². The maximum Gasteiger partial charge on any atom is 0.220 e. The first-order chi connectivity index (χ1) is 14.0. The van der Waals surface area contributed by atoms with Gasteiger partial charge in [-0.25, -0.2) is 0 Å². The summed E-state index contributed by atoms with van der Waals surface area (Å²) in [5, 5.41) is 16.7. The van der Waals surface area contributed by atoms with Crippen molar-refractivity contribution in [2.24, 2.45) is 5.92 Å². The molecule has 3 heterocycles. The van der Waals surface area contributed by atoms with Crippen LogP contribution in [0, 0.1) is 31.1 Å². The van der Waals surface area contributed by atoms with E-state index in [0.717, 1.165) is 42.1 Å². The molecule has 0 radical (unpaired) electrons. The zero-order chi connectivity index (χ0) is 20.4. The highest BCUT2D eigenvalue weighted by molar-refractivity contribution is 5.76. The van der Waals surface area contributed by atoms with Crippen LogP contribution < -0.4 is 10.3 Å². The molecule has 0 bridgehead atoms. The summed E-state index contributed by atoms with van der Waals surface area (Å²) in [6.45, 7) is 5.51. The van der Waals surface area contributed by atoms with Crippen molar-refractivity contribution >= 4 is 11.6 Å². The van der Waals surface area contributed by atoms with Crippen LogP contribution in [-0.2, 0) is 4.79 Å². The van der Waals surface area contributed by atoms with E-state index < -0.39 is 0 Å². The van der Waals surface area contributed by atoms with Crippen LogP contribution in [0.15, 0.2) is 48.7 Å². The molecule has 1 aromatic heterocycles. The fraction of sp³-hybridized carbons (Fsp3) is 0.348. The van der Waals surface area contributed by atoms with E-state index in [4.69, 9.17) is 0 Å². The number of nitriles is 1. The third-order valence-corrected chi connectivity index (χ3v) is 5.46. The average molecular weight is 387 g/mol. The largest absolute Gasteiger partial charge is 0.356 e. The number of nitrogens with zero attached hydrogens (tertiary/aromatic N) is 4. The summed E-state index contributed by atoms with van der Waals surface area (Å²) in [5.41, 5.74) is 4.74. The van der Waals surface area contributed by atoms with Gasteiger partial charge in [0.2, 0.25) is 5.91 Å². The fourth-order valence-electron chi connectivity index (χ4n) is 4.23. The Morgan fingerprint density at radius 3 is 2.76 bits per heavy atom. The molecule has 1 N–H and O–H groups in total. The predicted octanol–water partition coefficient (Wildman–Crippen LogP) is 3.39. The molecule has 2 unspecified atom stereocenters. The molecule has 4 rings (SSSR count). The zero-order valence-electron chi connectivity index (χ0n) is 16.8. The Kier molecular flexibility index (Phi) is 5.22. The molecule has 0 saturated carbocycles. The summed E-state index contributed by atoms with van der Waals surface area (Å²) >= 11 is 0. The average Bonchev–Trinajstić information content (AvgIpc) is 3.11. The monoisotopic (exact) mass is 387 g/mol. The van der Waals surface area contributed by atoms with Crippen LogP contribution >= 0.6 is 0 Å². The standard InChI is InChI=1S/C23H25N5O/c1-16-10-20(11-17(2)26-16)22-7-9-27(15-19-6-8-25-23(29)13-19)28(22)21-5-3-4-18(12-21)14-24/h3-5,7,9-12,19,22H,6,8,13,15H2,1-2H3,(H,25,29). The SMILES string of the molecule is Cc1cc(C2C=CN(CC3CCNC(=O)C3)N2c2cccc(C#N)c2)cc(C)n1. The summed E-state index contributed by atoms with van der Waals surface area (Å²) in [6.07, 6.45) is 5.80. The molecule has 2 aromatic rings. The molecule has 1 saturated heterocycles. The minimum atomic E-state index is 0.0155. The van der Waals surface area contributed by atoms with Crippen molar-refractivity contribution in [2.75, 3.05) is 18.1 Å². The molecule has 6 nitrogen and oxygen atoms in total. The quantitative estimate of drug-likeness (QED) is 0.871. The van der Waals surface area contributed by atoms with Crippen molar-refractivity contribution < 1.29 is 4.79 Å². The highest BCUT2D eigenvalue weighted by Gasteiger charge is 2.31. The minimum Gasteiger partial charge on any atom is -0.356 e. The molecule has 2 atom stereocenters. The molecule has 2 aliphatic heterocycles. The molecule has 0 aliphatic carbocycles. The molecule has 2 aliphatic rings. The van der Waals surface area contributed by atoms with Gasteiger partial charge in [-0.05, 0) is 68.2 Å². The van der Waals surface area contributed by atoms with Gasteiger partial charge in [-0.15, -0.1) is 0 Å². The Bertz CT molecular complexity index is 973. The Morgan fingerprint density at radius 2 is 2.03 bits per heavy atom. The number of aromatic nitrogens is 1. The van der Waals surface area contributed by atoms with Gasteiger partial charge in [0.15, 0.2) is 0 Å². The van der Waals surface area contributed by atoms with Gasteiger partial charge in [0, 0.05) is 37.1 Å². The lowest BCUT2D eigenvalue weighted by Gasteiger charge is -2.38. The van der Waals surface area contributed by atoms with Gasteiger partial charge in [-0.1, -0.05) is 6.07 Å². The first kappa shape index (κ1) is 19.0. The van der Waals surface area contributed by atoms with Crippen molar-refractivity contribution in [2.45, 2.75) is 32.7 Å². The number of aryl methyl sites for hydroxylation is 2. The van der Waals surface area contributed by atoms with Gasteiger partial charge in [0.1, 0.15) is 0 Å². The van der Waals surface area contributed by atoms with E-state index in [0.29, 0.717) is 17.9 Å². The maximum atomic E-state index is 11.8. The summed E-state index contributed by atoms with van der Waals surface area (Å²) in [6, 6.07) is 14.2. The molecule has 0 spiro atoms. The second kappa shape index (κ2) is 7.96. The Morgan fingerprint density at radius 1 is 1.24 bits per heavy atom. The van der Waals surface area contributed by atoms with Crippen molar-refractivity contribution in [3.8, 4) is 6.07 Å². The van der Waals surface area contributed by atoms with Gasteiger partial charge in [-0.3, -0.25) is 19.8 Å². The number of rotatable bonds is 4. The van der Waals surface area contributed by atoms with E-state index in [9.17, 15) is 10.1 Å². The second-order valence-corrected chi connectivity index (χ2v) is 7.81. The molecule has 6 heteroatoms. The van der Waals surface area contributed by atoms with Crippen molar-refractivity contribution in [3.63, 3.8) is 0 Å². The lowest BCUT2D eigenvalue weighted by Crippen LogP contribution is -2.43. The number of hydrogen-bond acceptors (Lipinski definition) is 5. The number of pyridine rings is 1. The van der Waals surface area contributed by atoms with E-state index in [1.165, 1.54) is 0 Å². The Hall–Kier alpha value is -3.33. The van der Waals surface area contributed by atoms with Gasteiger partial charge >= 0.3 is 0 Å². The van der Waals surface area contributed by atoms with Crippen LogP contribution in [0.4, 0.5) is 5.69 Å². The van der Waals surface area contributed by atoms with E-state index >= 15 is 0 Å². The van der Waals surface area contributed by atoms with Gasteiger partial charge < -0.3 is 5.32 Å². The number of carbonyl (C=O) groups excluding carboxylic acids is 1. The molecule has 29 heavy (non-hydrogen) atoms. The van der Waals surface area contributed by atoms with Crippen LogP contribution in [0.2, 0.25) is 0 Å². The maximum absolute atomic E-state index is 11.8. The predicted molar refractivity (Wildman–Crippen MR) is 112 cm³/mol. The number of nitrogens with one attached hydrogen (secondary N) is 1. The smallest absolute Gasteiger partial charge is 0.220 e. The van der Waals surface area contributed by atoms with Gasteiger partial charge in [0.05, 0.1) is 23.4 Å². The lowest BCUT2D eigenvalue weighted by molar-refractivity contribution is -0.123. The summed E-state index contributed by atoms with van der Waals surface area (Å²) in [7, 11) is 0. The van der Waals surface area contributed by atoms with Gasteiger partial charge in [-0.2, -0.15) is 5.26 Å². The summed E-state index contributed by atoms with van der Waals surface area (Å²) < 4.78 is 0. The fourth-order valence-corrected chi connectivity index (χ4v) is 4.23. The molecule has 1 fully saturated rings. The van der Waals surface area contributed by atoms with Crippen LogP contribution in [0.25, 0.3) is 0 Å². The highest BCUT2D eigenvalue weighted by Crippen LogP contribution is 2.36. The van der Waals surface area contributed by atoms with Crippen LogP contribution in [-0.4, -0.2) is 29.0 Å². The van der Waals surface area contributed by atoms with E-state index in [1.54, 1.807) is 0 Å². The van der Waals surface area contributed by atoms with E-state index in [2.05, 4.69) is 50.8 Å². The first-order valence-corrected chi connectivity index (χ1v) is 9.99. The minimum absolute atomic E-state index is 0.0155. The molecular formula is C23H25N5O. The van der Waals surface area contributed by atoms with Crippen LogP contribution in [0.3, 0.4) is 0 Å². The van der Waals surface area contributed by atoms with Crippen molar-refractivity contribution in [1.29, 1.82) is 5.26 Å². The molecule has 1 amide bonds. The number of hydrazine groups is 1. The Balaban J connectivity index is 1.68. The second-order valence-electron chi connectivity index (χ2n) is 7.81. The van der Waals surface area contributed by atoms with Crippen molar-refractivity contribution in [3.05, 3.63) is 71.2 Å². The number of carbonyl (C=O) groups is 1. The number of anilines is 1. The van der Waals surface area contributed by atoms with E-state index in [1.807, 2.05) is 38.1 Å². The highest BCUT2D eigenvalue weighted by atomic mass is 16.1. The number of amides is 1. The third-order valence-electron chi connectivity index (χ3n) is 5.46. The lowest BCUT2D eigenvalue weighted by atomic mass is 9.97. The Labute approximate surface area is 171 Å². The molecular weight excluding hydrogens is 362 g/mol. The normalized spacial score (nSPS) is 21.2. The number of benzene rings is 1. The van der Waals surface area contributed by atoms with Gasteiger partial charge in [0.25, 0.3) is 0 Å². The number of hydrogen-bond donors (Lipinski definition) is 1. The van der Waals surface area contributed by atoms with Crippen LogP contribution in [0.5, 0.6) is 0 Å². The van der Waals surface area contributed by atoms with Crippen LogP contribution in [0.1, 0.15) is 41.4 Å². The molecule has 1 aromatic carbocycles. The summed E-state index contributed by atoms with van der Waals surface area (Å²) in [5.74, 6) is 0.425. The summed E-state index contributed by atoms with van der Waals surface area (Å²) in [4.78, 5) is 16.3. The third kappa shape index (κ3) is 4.09. The first-order valence-electron chi connectivity index (χ1n) is 9.99. The topological polar surface area (TPSA) is 72.3 Å². The zero-order valence-corrected chi connectivity index (χ0v) is 16.8. The number of piperidine rings is 1.